The number of carbonyl (C=O) groups excluding carboxylic acids is 1. The third-order valence-corrected chi connectivity index (χ3v) is 2.73. The summed E-state index contributed by atoms with van der Waals surface area (Å²) in [7, 11) is 0. The highest BCUT2D eigenvalue weighted by Crippen LogP contribution is 2.13. The van der Waals surface area contributed by atoms with E-state index >= 15 is 0 Å². The number of amides is 1. The number of nitrogens with one attached hydrogen (secondary N) is 1. The maximum atomic E-state index is 13.2. The molecule has 0 aliphatic rings. The van der Waals surface area contributed by atoms with Crippen molar-refractivity contribution in [2.45, 2.75) is 44.9 Å². The fourth-order valence-electron chi connectivity index (χ4n) is 1.85. The SMILES string of the molecule is CC(C)(C)OC(=O)N[C@@H](Cc1cc(F)cc(F)c1)[C@H](O)CO. The Hall–Kier alpha value is -1.73. The summed E-state index contributed by atoms with van der Waals surface area (Å²) in [6.07, 6.45) is -2.14. The summed E-state index contributed by atoms with van der Waals surface area (Å²) < 4.78 is 31.4. The van der Waals surface area contributed by atoms with Crippen LogP contribution in [0, 0.1) is 11.6 Å². The third kappa shape index (κ3) is 6.36. The van der Waals surface area contributed by atoms with Gasteiger partial charge in [0, 0.05) is 6.07 Å². The van der Waals surface area contributed by atoms with Gasteiger partial charge in [0.05, 0.1) is 18.8 Å². The van der Waals surface area contributed by atoms with E-state index in [4.69, 9.17) is 9.84 Å². The lowest BCUT2D eigenvalue weighted by Gasteiger charge is -2.26. The topological polar surface area (TPSA) is 78.8 Å². The van der Waals surface area contributed by atoms with Crippen LogP contribution in [0.4, 0.5) is 13.6 Å². The van der Waals surface area contributed by atoms with Gasteiger partial charge in [0.1, 0.15) is 17.2 Å². The molecule has 0 aliphatic heterocycles. The molecule has 0 spiro atoms. The van der Waals surface area contributed by atoms with Gasteiger partial charge in [-0.3, -0.25) is 0 Å². The number of ether oxygens (including phenoxy) is 1. The van der Waals surface area contributed by atoms with Crippen molar-refractivity contribution in [3.63, 3.8) is 0 Å². The highest BCUT2D eigenvalue weighted by atomic mass is 19.1. The van der Waals surface area contributed by atoms with Crippen LogP contribution in [0.15, 0.2) is 18.2 Å². The Kier molecular flexibility index (Phi) is 6.25. The van der Waals surface area contributed by atoms with E-state index in [0.29, 0.717) is 0 Å². The summed E-state index contributed by atoms with van der Waals surface area (Å²) in [5, 5.41) is 21.2. The fraction of sp³-hybridized carbons (Fsp3) is 0.533. The number of hydrogen-bond acceptors (Lipinski definition) is 4. The molecular weight excluding hydrogens is 296 g/mol. The molecular formula is C15H21F2NO4. The van der Waals surface area contributed by atoms with E-state index in [-0.39, 0.29) is 12.0 Å². The van der Waals surface area contributed by atoms with Crippen molar-refractivity contribution >= 4 is 6.09 Å². The maximum absolute atomic E-state index is 13.2. The zero-order chi connectivity index (χ0) is 16.9. The Labute approximate surface area is 127 Å². The molecule has 1 amide bonds. The molecule has 7 heteroatoms. The van der Waals surface area contributed by atoms with Gasteiger partial charge in [-0.2, -0.15) is 0 Å². The number of aliphatic hydroxyl groups is 2. The molecule has 0 aliphatic carbocycles. The molecule has 0 unspecified atom stereocenters. The average Bonchev–Trinajstić information content (AvgIpc) is 2.33. The lowest BCUT2D eigenvalue weighted by atomic mass is 10.0. The monoisotopic (exact) mass is 317 g/mol. The zero-order valence-corrected chi connectivity index (χ0v) is 12.8. The van der Waals surface area contributed by atoms with Gasteiger partial charge in [-0.25, -0.2) is 13.6 Å². The Balaban J connectivity index is 2.82. The normalized spacial score (nSPS) is 14.3. The number of aliphatic hydroxyl groups excluding tert-OH is 2. The van der Waals surface area contributed by atoms with Crippen molar-refractivity contribution < 1.29 is 28.5 Å². The largest absolute Gasteiger partial charge is 0.444 e. The highest BCUT2D eigenvalue weighted by molar-refractivity contribution is 5.68. The van der Waals surface area contributed by atoms with Crippen LogP contribution in [0.5, 0.6) is 0 Å². The molecule has 1 aromatic carbocycles. The number of hydrogen-bond donors (Lipinski definition) is 3. The third-order valence-electron chi connectivity index (χ3n) is 2.73. The lowest BCUT2D eigenvalue weighted by molar-refractivity contribution is 0.0320. The van der Waals surface area contributed by atoms with E-state index in [1.807, 2.05) is 0 Å². The van der Waals surface area contributed by atoms with Crippen LogP contribution in [0.2, 0.25) is 0 Å². The molecule has 1 rings (SSSR count). The molecule has 0 fully saturated rings. The van der Waals surface area contributed by atoms with E-state index in [1.54, 1.807) is 20.8 Å². The summed E-state index contributed by atoms with van der Waals surface area (Å²) in [6.45, 7) is 4.41. The van der Waals surface area contributed by atoms with Crippen LogP contribution in [0.1, 0.15) is 26.3 Å². The van der Waals surface area contributed by atoms with Crippen LogP contribution in [0.3, 0.4) is 0 Å². The second kappa shape index (κ2) is 7.51. The quantitative estimate of drug-likeness (QED) is 0.773. The molecule has 5 nitrogen and oxygen atoms in total. The molecule has 3 N–H and O–H groups in total. The van der Waals surface area contributed by atoms with Gasteiger partial charge in [0.15, 0.2) is 0 Å². The van der Waals surface area contributed by atoms with Gasteiger partial charge in [0.25, 0.3) is 0 Å². The van der Waals surface area contributed by atoms with Crippen LogP contribution in [-0.4, -0.2) is 40.7 Å². The fourth-order valence-corrected chi connectivity index (χ4v) is 1.85. The van der Waals surface area contributed by atoms with E-state index in [1.165, 1.54) is 0 Å². The summed E-state index contributed by atoms with van der Waals surface area (Å²) in [4.78, 5) is 11.7. The van der Waals surface area contributed by atoms with E-state index in [0.717, 1.165) is 18.2 Å². The minimum Gasteiger partial charge on any atom is -0.444 e. The highest BCUT2D eigenvalue weighted by Gasteiger charge is 2.24. The molecule has 2 atom stereocenters. The number of benzene rings is 1. The van der Waals surface area contributed by atoms with Crippen molar-refractivity contribution in [3.8, 4) is 0 Å². The van der Waals surface area contributed by atoms with Gasteiger partial charge in [-0.05, 0) is 44.9 Å². The van der Waals surface area contributed by atoms with Gasteiger partial charge >= 0.3 is 6.09 Å². The van der Waals surface area contributed by atoms with Crippen molar-refractivity contribution in [1.82, 2.24) is 5.32 Å². The van der Waals surface area contributed by atoms with Crippen molar-refractivity contribution in [2.24, 2.45) is 0 Å². The predicted molar refractivity (Wildman–Crippen MR) is 76.3 cm³/mol. The molecule has 22 heavy (non-hydrogen) atoms. The molecule has 0 heterocycles. The molecule has 0 aromatic heterocycles. The first-order valence-corrected chi connectivity index (χ1v) is 6.84. The van der Waals surface area contributed by atoms with E-state index in [9.17, 15) is 18.7 Å². The molecule has 0 saturated heterocycles. The minimum atomic E-state index is -1.29. The van der Waals surface area contributed by atoms with Crippen LogP contribution < -0.4 is 5.32 Å². The van der Waals surface area contributed by atoms with E-state index in [2.05, 4.69) is 5.32 Å². The van der Waals surface area contributed by atoms with Crippen molar-refractivity contribution in [1.29, 1.82) is 0 Å². The molecule has 1 aromatic rings. The van der Waals surface area contributed by atoms with Crippen LogP contribution in [0.25, 0.3) is 0 Å². The molecule has 0 radical (unpaired) electrons. The first-order chi connectivity index (χ1) is 10.1. The van der Waals surface area contributed by atoms with Crippen LogP contribution in [-0.2, 0) is 11.2 Å². The number of carbonyl (C=O) groups is 1. The smallest absolute Gasteiger partial charge is 0.407 e. The zero-order valence-electron chi connectivity index (χ0n) is 12.8. The van der Waals surface area contributed by atoms with Gasteiger partial charge < -0.3 is 20.3 Å². The number of alkyl carbamates (subject to hydrolysis) is 1. The Bertz CT molecular complexity index is 497. The molecule has 124 valence electrons. The van der Waals surface area contributed by atoms with Gasteiger partial charge in [0.2, 0.25) is 0 Å². The van der Waals surface area contributed by atoms with Crippen LogP contribution >= 0.6 is 0 Å². The summed E-state index contributed by atoms with van der Waals surface area (Å²) in [6, 6.07) is 1.97. The Morgan fingerprint density at radius 3 is 2.27 bits per heavy atom. The second-order valence-electron chi connectivity index (χ2n) is 5.98. The number of rotatable bonds is 5. The Morgan fingerprint density at radius 2 is 1.82 bits per heavy atom. The van der Waals surface area contributed by atoms with Crippen molar-refractivity contribution in [3.05, 3.63) is 35.4 Å². The maximum Gasteiger partial charge on any atom is 0.407 e. The minimum absolute atomic E-state index is 0.0599. The average molecular weight is 317 g/mol. The standard InChI is InChI=1S/C15H21F2NO4/c1-15(2,3)22-14(21)18-12(13(20)8-19)6-9-4-10(16)7-11(17)5-9/h4-5,7,12-13,19-20H,6,8H2,1-3H3,(H,18,21)/t12-,13+/m0/s1. The first kappa shape index (κ1) is 18.3. The molecule has 0 saturated carbocycles. The summed E-state index contributed by atoms with van der Waals surface area (Å²) in [5.41, 5.74) is -0.491. The summed E-state index contributed by atoms with van der Waals surface area (Å²) >= 11 is 0. The van der Waals surface area contributed by atoms with Crippen molar-refractivity contribution in [2.75, 3.05) is 6.61 Å². The second-order valence-corrected chi connectivity index (χ2v) is 5.98. The predicted octanol–water partition coefficient (Wildman–Crippen LogP) is 1.75. The lowest BCUT2D eigenvalue weighted by Crippen LogP contribution is -2.48. The van der Waals surface area contributed by atoms with E-state index < -0.39 is 42.1 Å². The van der Waals surface area contributed by atoms with Gasteiger partial charge in [-0.1, -0.05) is 0 Å². The first-order valence-electron chi connectivity index (χ1n) is 6.84. The molecule has 0 bridgehead atoms. The number of halogens is 2. The Morgan fingerprint density at radius 1 is 1.27 bits per heavy atom. The summed E-state index contributed by atoms with van der Waals surface area (Å²) in [5.74, 6) is -1.52. The van der Waals surface area contributed by atoms with Gasteiger partial charge in [-0.15, -0.1) is 0 Å².